The molecule has 4 nitrogen and oxygen atoms in total. The smallest absolute Gasteiger partial charge is 0.323 e. The molecule has 0 aliphatic heterocycles. The quantitative estimate of drug-likeness (QED) is 0.652. The Morgan fingerprint density at radius 3 is 2.62 bits per heavy atom. The number of anilines is 1. The van der Waals surface area contributed by atoms with Crippen molar-refractivity contribution in [1.82, 2.24) is 9.97 Å². The van der Waals surface area contributed by atoms with Gasteiger partial charge in [0, 0.05) is 16.0 Å². The Morgan fingerprint density at radius 1 is 1.19 bits per heavy atom. The van der Waals surface area contributed by atoms with E-state index in [2.05, 4.69) is 31.2 Å². The molecule has 3 rings (SSSR count). The van der Waals surface area contributed by atoms with E-state index in [1.165, 1.54) is 12.1 Å². The molecule has 3 aromatic rings. The van der Waals surface area contributed by atoms with Gasteiger partial charge in [-0.05, 0) is 45.8 Å². The van der Waals surface area contributed by atoms with Crippen molar-refractivity contribution in [2.45, 2.75) is 6.54 Å². The first kappa shape index (κ1) is 14.2. The Bertz CT molecular complexity index is 874. The predicted molar refractivity (Wildman–Crippen MR) is 85.4 cm³/mol. The topological polar surface area (TPSA) is 60.7 Å². The van der Waals surface area contributed by atoms with Gasteiger partial charge in [0.2, 0.25) is 0 Å². The molecule has 0 aliphatic rings. The Labute approximate surface area is 132 Å². The summed E-state index contributed by atoms with van der Waals surface area (Å²) in [4.78, 5) is 16.6. The van der Waals surface area contributed by atoms with Crippen molar-refractivity contribution in [3.63, 3.8) is 0 Å². The summed E-state index contributed by atoms with van der Waals surface area (Å²) in [5.74, 6) is -0.365. The lowest BCUT2D eigenvalue weighted by Crippen LogP contribution is -2.01. The van der Waals surface area contributed by atoms with Gasteiger partial charge in [-0.2, -0.15) is 0 Å². The van der Waals surface area contributed by atoms with Crippen molar-refractivity contribution >= 4 is 44.3 Å². The van der Waals surface area contributed by atoms with Crippen LogP contribution in [0.2, 0.25) is 5.02 Å². The summed E-state index contributed by atoms with van der Waals surface area (Å²) in [6, 6.07) is 7.90. The van der Waals surface area contributed by atoms with Crippen LogP contribution in [0, 0.1) is 5.82 Å². The van der Waals surface area contributed by atoms with Crippen LogP contribution in [-0.4, -0.2) is 9.97 Å². The number of rotatable bonds is 3. The highest BCUT2D eigenvalue weighted by molar-refractivity contribution is 9.10. The number of imidazole rings is 1. The van der Waals surface area contributed by atoms with Crippen molar-refractivity contribution in [3.8, 4) is 0 Å². The summed E-state index contributed by atoms with van der Waals surface area (Å²) < 4.78 is 13.8. The molecular formula is C14H10BrClFN3O. The third-order valence-electron chi connectivity index (χ3n) is 3.09. The van der Waals surface area contributed by atoms with Gasteiger partial charge in [0.05, 0.1) is 16.7 Å². The Kier molecular flexibility index (Phi) is 3.73. The molecule has 1 aromatic heterocycles. The largest absolute Gasteiger partial charge is 0.380 e. The number of benzene rings is 2. The first-order chi connectivity index (χ1) is 10.0. The molecule has 1 heterocycles. The molecular weight excluding hydrogens is 361 g/mol. The van der Waals surface area contributed by atoms with Crippen LogP contribution in [0.25, 0.3) is 11.0 Å². The monoisotopic (exact) mass is 369 g/mol. The van der Waals surface area contributed by atoms with Gasteiger partial charge in [-0.3, -0.25) is 0 Å². The van der Waals surface area contributed by atoms with Crippen molar-refractivity contribution in [2.75, 3.05) is 5.32 Å². The average Bonchev–Trinajstić information content (AvgIpc) is 2.76. The van der Waals surface area contributed by atoms with E-state index >= 15 is 0 Å². The van der Waals surface area contributed by atoms with Gasteiger partial charge < -0.3 is 15.3 Å². The standard InChI is InChI=1S/C14H10BrClFN3O/c15-9-4-12-13(20-14(21)19-12)5-11(9)18-6-7-1-2-8(17)3-10(7)16/h1-5,18H,6H2,(H2,19,20,21). The van der Waals surface area contributed by atoms with E-state index < -0.39 is 0 Å². The molecule has 21 heavy (non-hydrogen) atoms. The van der Waals surface area contributed by atoms with E-state index in [1.807, 2.05) is 12.1 Å². The Balaban J connectivity index is 1.87. The molecule has 2 aromatic carbocycles. The summed E-state index contributed by atoms with van der Waals surface area (Å²) in [6.07, 6.45) is 0. The minimum absolute atomic E-state index is 0.254. The number of nitrogens with one attached hydrogen (secondary N) is 3. The molecule has 0 spiro atoms. The second kappa shape index (κ2) is 5.54. The van der Waals surface area contributed by atoms with Gasteiger partial charge >= 0.3 is 5.69 Å². The lowest BCUT2D eigenvalue weighted by molar-refractivity contribution is 0.627. The number of halogens is 3. The zero-order chi connectivity index (χ0) is 15.0. The number of aromatic nitrogens is 2. The molecule has 0 atom stereocenters. The van der Waals surface area contributed by atoms with E-state index in [1.54, 1.807) is 6.07 Å². The molecule has 108 valence electrons. The van der Waals surface area contributed by atoms with Crippen molar-refractivity contribution in [2.24, 2.45) is 0 Å². The molecule has 0 bridgehead atoms. The van der Waals surface area contributed by atoms with Crippen LogP contribution in [0.5, 0.6) is 0 Å². The van der Waals surface area contributed by atoms with Gasteiger partial charge in [-0.15, -0.1) is 0 Å². The van der Waals surface area contributed by atoms with Crippen LogP contribution in [0.3, 0.4) is 0 Å². The average molecular weight is 371 g/mol. The van der Waals surface area contributed by atoms with E-state index in [0.29, 0.717) is 17.1 Å². The Morgan fingerprint density at radius 2 is 1.90 bits per heavy atom. The summed E-state index contributed by atoms with van der Waals surface area (Å²) >= 11 is 9.43. The predicted octanol–water partition coefficient (Wildman–Crippen LogP) is 4.02. The molecule has 0 fully saturated rings. The van der Waals surface area contributed by atoms with Crippen LogP contribution >= 0.6 is 27.5 Å². The Hall–Kier alpha value is -1.79. The lowest BCUT2D eigenvalue weighted by Gasteiger charge is -2.10. The minimum atomic E-state index is -0.365. The summed E-state index contributed by atoms with van der Waals surface area (Å²) in [7, 11) is 0. The zero-order valence-electron chi connectivity index (χ0n) is 10.6. The second-order valence-electron chi connectivity index (χ2n) is 4.55. The van der Waals surface area contributed by atoms with Crippen LogP contribution in [0.15, 0.2) is 39.6 Å². The van der Waals surface area contributed by atoms with Crippen LogP contribution in [0.4, 0.5) is 10.1 Å². The third kappa shape index (κ3) is 2.96. The first-order valence-electron chi connectivity index (χ1n) is 6.12. The molecule has 0 aliphatic carbocycles. The SMILES string of the molecule is O=c1[nH]c2cc(Br)c(NCc3ccc(F)cc3Cl)cc2[nH]1. The highest BCUT2D eigenvalue weighted by atomic mass is 79.9. The fourth-order valence-electron chi connectivity index (χ4n) is 2.05. The van der Waals surface area contributed by atoms with Crippen molar-refractivity contribution < 1.29 is 4.39 Å². The molecule has 0 amide bonds. The second-order valence-corrected chi connectivity index (χ2v) is 5.81. The summed E-state index contributed by atoms with van der Waals surface area (Å²) in [5.41, 5.74) is 2.76. The maximum atomic E-state index is 13.0. The van der Waals surface area contributed by atoms with E-state index in [0.717, 1.165) is 21.2 Å². The maximum absolute atomic E-state index is 13.0. The van der Waals surface area contributed by atoms with Crippen LogP contribution < -0.4 is 11.0 Å². The first-order valence-corrected chi connectivity index (χ1v) is 7.29. The molecule has 3 N–H and O–H groups in total. The van der Waals surface area contributed by atoms with E-state index in [4.69, 9.17) is 11.6 Å². The van der Waals surface area contributed by atoms with Crippen LogP contribution in [-0.2, 0) is 6.54 Å². The van der Waals surface area contributed by atoms with E-state index in [9.17, 15) is 9.18 Å². The number of H-pyrrole nitrogens is 2. The van der Waals surface area contributed by atoms with Gasteiger partial charge in [0.25, 0.3) is 0 Å². The van der Waals surface area contributed by atoms with Gasteiger partial charge in [0.15, 0.2) is 0 Å². The van der Waals surface area contributed by atoms with Crippen LogP contribution in [0.1, 0.15) is 5.56 Å². The van der Waals surface area contributed by atoms with Crippen molar-refractivity contribution in [3.05, 3.63) is 61.7 Å². The highest BCUT2D eigenvalue weighted by Gasteiger charge is 2.07. The third-order valence-corrected chi connectivity index (χ3v) is 4.10. The van der Waals surface area contributed by atoms with Gasteiger partial charge in [-0.1, -0.05) is 17.7 Å². The molecule has 0 radical (unpaired) electrons. The number of hydrogen-bond donors (Lipinski definition) is 3. The number of fused-ring (bicyclic) bond motifs is 1. The summed E-state index contributed by atoms with van der Waals surface area (Å²) in [6.45, 7) is 0.442. The normalized spacial score (nSPS) is 11.0. The fraction of sp³-hybridized carbons (Fsp3) is 0.0714. The van der Waals surface area contributed by atoms with E-state index in [-0.39, 0.29) is 11.5 Å². The maximum Gasteiger partial charge on any atom is 0.323 e. The molecule has 0 saturated heterocycles. The molecule has 0 unspecified atom stereocenters. The number of aromatic amines is 2. The molecule has 7 heteroatoms. The fourth-order valence-corrected chi connectivity index (χ4v) is 2.76. The number of hydrogen-bond acceptors (Lipinski definition) is 2. The van der Waals surface area contributed by atoms with Gasteiger partial charge in [-0.25, -0.2) is 9.18 Å². The van der Waals surface area contributed by atoms with Crippen molar-refractivity contribution in [1.29, 1.82) is 0 Å². The lowest BCUT2D eigenvalue weighted by atomic mass is 10.2. The zero-order valence-corrected chi connectivity index (χ0v) is 13.0. The minimum Gasteiger partial charge on any atom is -0.380 e. The molecule has 0 saturated carbocycles. The van der Waals surface area contributed by atoms with Gasteiger partial charge in [0.1, 0.15) is 5.82 Å². The highest BCUT2D eigenvalue weighted by Crippen LogP contribution is 2.27. The summed E-state index contributed by atoms with van der Waals surface area (Å²) in [5, 5.41) is 3.57.